The van der Waals surface area contributed by atoms with Gasteiger partial charge in [0.05, 0.1) is 12.7 Å². The number of hydrogen-bond donors (Lipinski definition) is 1. The largest absolute Gasteiger partial charge is 0.393 e. The van der Waals surface area contributed by atoms with Gasteiger partial charge in [0.15, 0.2) is 0 Å². The van der Waals surface area contributed by atoms with Gasteiger partial charge in [-0.15, -0.1) is 0 Å². The van der Waals surface area contributed by atoms with Gasteiger partial charge in [0.1, 0.15) is 0 Å². The first-order chi connectivity index (χ1) is 7.53. The first-order valence-electron chi connectivity index (χ1n) is 5.82. The molecule has 0 unspecified atom stereocenters. The Kier molecular flexibility index (Phi) is 3.04. The second-order valence-corrected chi connectivity index (χ2v) is 5.37. The maximum absolute atomic E-state index is 9.88. The summed E-state index contributed by atoms with van der Waals surface area (Å²) in [5, 5.41) is 9.88. The minimum atomic E-state index is -0.208. The molecule has 1 aliphatic carbocycles. The first kappa shape index (κ1) is 11.6. The van der Waals surface area contributed by atoms with Crippen molar-refractivity contribution in [3.63, 3.8) is 0 Å². The summed E-state index contributed by atoms with van der Waals surface area (Å²) in [6.07, 6.45) is 1.42. The van der Waals surface area contributed by atoms with Crippen molar-refractivity contribution in [1.29, 1.82) is 0 Å². The Morgan fingerprint density at radius 2 is 2.19 bits per heavy atom. The van der Waals surface area contributed by atoms with Gasteiger partial charge in [0, 0.05) is 7.11 Å². The lowest BCUT2D eigenvalue weighted by Gasteiger charge is -2.35. The van der Waals surface area contributed by atoms with Crippen LogP contribution in [0.15, 0.2) is 18.2 Å². The predicted molar refractivity (Wildman–Crippen MR) is 64.5 cm³/mol. The van der Waals surface area contributed by atoms with Crippen LogP contribution in [0.5, 0.6) is 0 Å². The lowest BCUT2D eigenvalue weighted by molar-refractivity contribution is 0.127. The molecule has 0 saturated carbocycles. The van der Waals surface area contributed by atoms with Gasteiger partial charge in [-0.3, -0.25) is 0 Å². The van der Waals surface area contributed by atoms with Gasteiger partial charge in [-0.05, 0) is 34.9 Å². The molecule has 0 fully saturated rings. The minimum Gasteiger partial charge on any atom is -0.393 e. The van der Waals surface area contributed by atoms with Gasteiger partial charge in [-0.25, -0.2) is 0 Å². The molecule has 1 aromatic rings. The number of fused-ring (bicyclic) bond motifs is 1. The maximum Gasteiger partial charge on any atom is 0.0713 e. The SMILES string of the molecule is COCc1ccc2c(c1)C[C@H](O)CC2(C)C. The van der Waals surface area contributed by atoms with Gasteiger partial charge >= 0.3 is 0 Å². The Hall–Kier alpha value is -0.860. The monoisotopic (exact) mass is 220 g/mol. The van der Waals surface area contributed by atoms with Crippen LogP contribution in [0.2, 0.25) is 0 Å². The summed E-state index contributed by atoms with van der Waals surface area (Å²) < 4.78 is 5.14. The molecule has 1 atom stereocenters. The van der Waals surface area contributed by atoms with Crippen LogP contribution < -0.4 is 0 Å². The van der Waals surface area contributed by atoms with E-state index in [1.165, 1.54) is 16.7 Å². The lowest BCUT2D eigenvalue weighted by Crippen LogP contribution is -2.32. The molecule has 1 aromatic carbocycles. The molecule has 0 saturated heterocycles. The van der Waals surface area contributed by atoms with Crippen LogP contribution in [0.25, 0.3) is 0 Å². The lowest BCUT2D eigenvalue weighted by atomic mass is 9.71. The molecule has 0 radical (unpaired) electrons. The van der Waals surface area contributed by atoms with E-state index in [4.69, 9.17) is 4.74 Å². The van der Waals surface area contributed by atoms with Crippen LogP contribution in [-0.2, 0) is 23.2 Å². The van der Waals surface area contributed by atoms with Crippen molar-refractivity contribution in [2.45, 2.75) is 44.8 Å². The molecule has 2 rings (SSSR count). The molecule has 0 aliphatic heterocycles. The Morgan fingerprint density at radius 3 is 2.88 bits per heavy atom. The Labute approximate surface area is 97.3 Å². The highest BCUT2D eigenvalue weighted by Crippen LogP contribution is 2.37. The van der Waals surface area contributed by atoms with E-state index in [0.29, 0.717) is 6.61 Å². The summed E-state index contributed by atoms with van der Waals surface area (Å²) >= 11 is 0. The van der Waals surface area contributed by atoms with Crippen LogP contribution in [0.3, 0.4) is 0 Å². The molecule has 0 aromatic heterocycles. The number of aliphatic hydroxyl groups excluding tert-OH is 1. The van der Waals surface area contributed by atoms with E-state index >= 15 is 0 Å². The van der Waals surface area contributed by atoms with Crippen LogP contribution in [0.1, 0.15) is 37.0 Å². The van der Waals surface area contributed by atoms with Crippen molar-refractivity contribution in [1.82, 2.24) is 0 Å². The van der Waals surface area contributed by atoms with E-state index in [-0.39, 0.29) is 11.5 Å². The standard InChI is InChI=1S/C14H20O2/c1-14(2)8-12(15)7-11-6-10(9-16-3)4-5-13(11)14/h4-6,12,15H,7-9H2,1-3H3/t12-/m0/s1. The van der Waals surface area contributed by atoms with Gasteiger partial charge in [0.2, 0.25) is 0 Å². The van der Waals surface area contributed by atoms with E-state index in [1.54, 1.807) is 7.11 Å². The average molecular weight is 220 g/mol. The van der Waals surface area contributed by atoms with Crippen molar-refractivity contribution in [2.24, 2.45) is 0 Å². The minimum absolute atomic E-state index is 0.0819. The third-order valence-corrected chi connectivity index (χ3v) is 3.41. The average Bonchev–Trinajstić information content (AvgIpc) is 2.15. The second kappa shape index (κ2) is 4.19. The number of methoxy groups -OCH3 is 1. The molecular weight excluding hydrogens is 200 g/mol. The molecular formula is C14H20O2. The molecule has 0 bridgehead atoms. The fourth-order valence-electron chi connectivity index (χ4n) is 2.76. The van der Waals surface area contributed by atoms with Crippen LogP contribution >= 0.6 is 0 Å². The highest BCUT2D eigenvalue weighted by Gasteiger charge is 2.31. The van der Waals surface area contributed by atoms with E-state index in [0.717, 1.165) is 12.8 Å². The molecule has 1 N–H and O–H groups in total. The van der Waals surface area contributed by atoms with E-state index in [9.17, 15) is 5.11 Å². The number of aliphatic hydroxyl groups is 1. The third kappa shape index (κ3) is 2.13. The van der Waals surface area contributed by atoms with Crippen molar-refractivity contribution < 1.29 is 9.84 Å². The van der Waals surface area contributed by atoms with Gasteiger partial charge in [-0.1, -0.05) is 32.0 Å². The Balaban J connectivity index is 2.39. The van der Waals surface area contributed by atoms with Crippen molar-refractivity contribution in [2.75, 3.05) is 7.11 Å². The predicted octanol–water partition coefficient (Wildman–Crippen LogP) is 2.42. The summed E-state index contributed by atoms with van der Waals surface area (Å²) in [5.74, 6) is 0. The topological polar surface area (TPSA) is 29.5 Å². The fraction of sp³-hybridized carbons (Fsp3) is 0.571. The number of rotatable bonds is 2. The molecule has 0 amide bonds. The van der Waals surface area contributed by atoms with E-state index < -0.39 is 0 Å². The summed E-state index contributed by atoms with van der Waals surface area (Å²) in [5.41, 5.74) is 3.92. The normalized spacial score (nSPS) is 22.9. The van der Waals surface area contributed by atoms with Crippen LogP contribution in [0, 0.1) is 0 Å². The quantitative estimate of drug-likeness (QED) is 0.829. The summed E-state index contributed by atoms with van der Waals surface area (Å²) in [6, 6.07) is 6.49. The molecule has 0 spiro atoms. The highest BCUT2D eigenvalue weighted by molar-refractivity contribution is 5.39. The van der Waals surface area contributed by atoms with Crippen molar-refractivity contribution in [3.8, 4) is 0 Å². The zero-order valence-electron chi connectivity index (χ0n) is 10.3. The maximum atomic E-state index is 9.88. The number of benzene rings is 1. The van der Waals surface area contributed by atoms with Crippen LogP contribution in [-0.4, -0.2) is 18.3 Å². The highest BCUT2D eigenvalue weighted by atomic mass is 16.5. The molecule has 2 heteroatoms. The number of hydrogen-bond acceptors (Lipinski definition) is 2. The second-order valence-electron chi connectivity index (χ2n) is 5.37. The molecule has 2 nitrogen and oxygen atoms in total. The van der Waals surface area contributed by atoms with Gasteiger partial charge in [-0.2, -0.15) is 0 Å². The zero-order valence-corrected chi connectivity index (χ0v) is 10.3. The first-order valence-corrected chi connectivity index (χ1v) is 5.82. The van der Waals surface area contributed by atoms with Crippen LogP contribution in [0.4, 0.5) is 0 Å². The van der Waals surface area contributed by atoms with E-state index in [1.807, 2.05) is 0 Å². The molecule has 88 valence electrons. The number of ether oxygens (including phenoxy) is 1. The molecule has 1 aliphatic rings. The molecule has 0 heterocycles. The Bertz CT molecular complexity index is 382. The summed E-state index contributed by atoms with van der Waals surface area (Å²) in [6.45, 7) is 5.04. The zero-order chi connectivity index (χ0) is 11.8. The fourth-order valence-corrected chi connectivity index (χ4v) is 2.76. The van der Waals surface area contributed by atoms with Gasteiger partial charge < -0.3 is 9.84 Å². The summed E-state index contributed by atoms with van der Waals surface area (Å²) in [4.78, 5) is 0. The van der Waals surface area contributed by atoms with Crippen molar-refractivity contribution >= 4 is 0 Å². The summed E-state index contributed by atoms with van der Waals surface area (Å²) in [7, 11) is 1.71. The smallest absolute Gasteiger partial charge is 0.0713 e. The van der Waals surface area contributed by atoms with Gasteiger partial charge in [0.25, 0.3) is 0 Å². The molecule has 16 heavy (non-hydrogen) atoms. The van der Waals surface area contributed by atoms with E-state index in [2.05, 4.69) is 32.0 Å². The third-order valence-electron chi connectivity index (χ3n) is 3.41. The van der Waals surface area contributed by atoms with Crippen molar-refractivity contribution in [3.05, 3.63) is 34.9 Å². The Morgan fingerprint density at radius 1 is 1.44 bits per heavy atom.